The van der Waals surface area contributed by atoms with Crippen LogP contribution in [0.5, 0.6) is 0 Å². The van der Waals surface area contributed by atoms with Gasteiger partial charge in [-0.05, 0) is 67.7 Å². The molecule has 5 heteroatoms. The molecule has 3 nitrogen and oxygen atoms in total. The van der Waals surface area contributed by atoms with E-state index >= 15 is 0 Å². The Hall–Kier alpha value is -0.390. The van der Waals surface area contributed by atoms with E-state index in [0.29, 0.717) is 17.4 Å². The Labute approximate surface area is 135 Å². The lowest BCUT2D eigenvalue weighted by Gasteiger charge is -2.27. The molecule has 2 saturated carbocycles. The van der Waals surface area contributed by atoms with Crippen molar-refractivity contribution in [2.24, 2.45) is 17.8 Å². The van der Waals surface area contributed by atoms with Crippen molar-refractivity contribution in [2.45, 2.75) is 37.5 Å². The van der Waals surface area contributed by atoms with Crippen LogP contribution in [0.15, 0.2) is 27.6 Å². The Morgan fingerprint density at radius 2 is 2.05 bits per heavy atom. The number of hydrogen-bond acceptors (Lipinski definition) is 2. The SMILES string of the molecule is Cc1cc(S(=O)(=O)N(C)CC2CC3CCC2C3)ccc1Br. The van der Waals surface area contributed by atoms with Gasteiger partial charge < -0.3 is 0 Å². The molecule has 1 aromatic carbocycles. The number of aryl methyl sites for hydroxylation is 1. The molecular formula is C16H22BrNO2S. The van der Waals surface area contributed by atoms with Crippen molar-refractivity contribution in [1.82, 2.24) is 4.31 Å². The molecule has 3 unspecified atom stereocenters. The minimum Gasteiger partial charge on any atom is -0.207 e. The topological polar surface area (TPSA) is 37.4 Å². The lowest BCUT2D eigenvalue weighted by atomic mass is 9.89. The average molecular weight is 372 g/mol. The number of nitrogens with zero attached hydrogens (tertiary/aromatic N) is 1. The van der Waals surface area contributed by atoms with Crippen LogP contribution in [-0.4, -0.2) is 26.3 Å². The van der Waals surface area contributed by atoms with Crippen LogP contribution in [0.4, 0.5) is 0 Å². The number of sulfonamides is 1. The smallest absolute Gasteiger partial charge is 0.207 e. The van der Waals surface area contributed by atoms with Gasteiger partial charge in [0.1, 0.15) is 0 Å². The third-order valence-corrected chi connectivity index (χ3v) is 7.92. The molecule has 0 heterocycles. The fraction of sp³-hybridized carbons (Fsp3) is 0.625. The maximum absolute atomic E-state index is 12.7. The Morgan fingerprint density at radius 3 is 2.62 bits per heavy atom. The van der Waals surface area contributed by atoms with Gasteiger partial charge in [0.25, 0.3) is 0 Å². The summed E-state index contributed by atoms with van der Waals surface area (Å²) in [5.74, 6) is 2.16. The molecule has 0 radical (unpaired) electrons. The zero-order valence-corrected chi connectivity index (χ0v) is 15.0. The number of rotatable bonds is 4. The molecule has 3 atom stereocenters. The summed E-state index contributed by atoms with van der Waals surface area (Å²) in [6, 6.07) is 5.24. The van der Waals surface area contributed by atoms with E-state index in [9.17, 15) is 8.42 Å². The Balaban J connectivity index is 1.76. The summed E-state index contributed by atoms with van der Waals surface area (Å²) in [6.45, 7) is 2.58. The van der Waals surface area contributed by atoms with E-state index in [2.05, 4.69) is 15.9 Å². The highest BCUT2D eigenvalue weighted by Crippen LogP contribution is 2.48. The van der Waals surface area contributed by atoms with E-state index in [1.54, 1.807) is 23.5 Å². The minimum atomic E-state index is -3.37. The fourth-order valence-corrected chi connectivity index (χ4v) is 5.55. The van der Waals surface area contributed by atoms with Crippen LogP contribution in [0.2, 0.25) is 0 Å². The summed E-state index contributed by atoms with van der Waals surface area (Å²) in [4.78, 5) is 0.397. The van der Waals surface area contributed by atoms with Crippen molar-refractivity contribution in [3.05, 3.63) is 28.2 Å². The van der Waals surface area contributed by atoms with Crippen molar-refractivity contribution < 1.29 is 8.42 Å². The molecule has 2 fully saturated rings. The molecule has 21 heavy (non-hydrogen) atoms. The summed E-state index contributed by atoms with van der Waals surface area (Å²) < 4.78 is 27.9. The Morgan fingerprint density at radius 1 is 1.29 bits per heavy atom. The second-order valence-corrected chi connectivity index (χ2v) is 9.53. The van der Waals surface area contributed by atoms with Gasteiger partial charge in [0.15, 0.2) is 0 Å². The van der Waals surface area contributed by atoms with Crippen LogP contribution in [0.1, 0.15) is 31.2 Å². The van der Waals surface area contributed by atoms with Gasteiger partial charge in [0, 0.05) is 18.1 Å². The first kappa shape index (κ1) is 15.5. The first-order valence-electron chi connectivity index (χ1n) is 7.60. The molecular weight excluding hydrogens is 350 g/mol. The standard InChI is InChI=1S/C16H22BrNO2S/c1-11-7-15(5-6-16(11)17)21(19,20)18(2)10-14-9-12-3-4-13(14)8-12/h5-7,12-14H,3-4,8-10H2,1-2H3. The number of hydrogen-bond donors (Lipinski definition) is 0. The van der Waals surface area contributed by atoms with Crippen molar-refractivity contribution in [3.8, 4) is 0 Å². The van der Waals surface area contributed by atoms with E-state index in [1.807, 2.05) is 13.0 Å². The highest BCUT2D eigenvalue weighted by Gasteiger charge is 2.40. The molecule has 0 aliphatic heterocycles. The maximum atomic E-state index is 12.7. The second kappa shape index (κ2) is 5.67. The van der Waals surface area contributed by atoms with Gasteiger partial charge in [0.2, 0.25) is 10.0 Å². The Bertz CT molecular complexity index is 644. The number of halogens is 1. The average Bonchev–Trinajstić information content (AvgIpc) is 3.04. The van der Waals surface area contributed by atoms with Gasteiger partial charge in [0.05, 0.1) is 4.90 Å². The lowest BCUT2D eigenvalue weighted by Crippen LogP contribution is -2.33. The van der Waals surface area contributed by atoms with Crippen LogP contribution in [0, 0.1) is 24.7 Å². The summed E-state index contributed by atoms with van der Waals surface area (Å²) in [7, 11) is -1.65. The van der Waals surface area contributed by atoms with Crippen molar-refractivity contribution in [2.75, 3.05) is 13.6 Å². The Kier molecular flexibility index (Phi) is 4.19. The van der Waals surface area contributed by atoms with E-state index in [-0.39, 0.29) is 0 Å². The van der Waals surface area contributed by atoms with E-state index in [1.165, 1.54) is 25.7 Å². The highest BCUT2D eigenvalue weighted by molar-refractivity contribution is 9.10. The van der Waals surface area contributed by atoms with E-state index in [0.717, 1.165) is 21.9 Å². The second-order valence-electron chi connectivity index (χ2n) is 6.63. The zero-order chi connectivity index (χ0) is 15.2. The molecule has 2 aliphatic carbocycles. The van der Waals surface area contributed by atoms with E-state index < -0.39 is 10.0 Å². The van der Waals surface area contributed by atoms with Crippen LogP contribution in [-0.2, 0) is 10.0 Å². The third kappa shape index (κ3) is 2.92. The zero-order valence-electron chi connectivity index (χ0n) is 12.5. The summed E-state index contributed by atoms with van der Waals surface area (Å²) >= 11 is 3.42. The molecule has 0 amide bonds. The molecule has 0 N–H and O–H groups in total. The summed E-state index contributed by atoms with van der Waals surface area (Å²) in [5.41, 5.74) is 0.949. The largest absolute Gasteiger partial charge is 0.242 e. The first-order chi connectivity index (χ1) is 9.88. The molecule has 116 valence electrons. The van der Waals surface area contributed by atoms with Crippen LogP contribution < -0.4 is 0 Å². The normalized spacial score (nSPS) is 28.5. The van der Waals surface area contributed by atoms with Crippen molar-refractivity contribution in [1.29, 1.82) is 0 Å². The lowest BCUT2D eigenvalue weighted by molar-refractivity contribution is 0.280. The minimum absolute atomic E-state index is 0.397. The van der Waals surface area contributed by atoms with Gasteiger partial charge in [-0.1, -0.05) is 22.4 Å². The van der Waals surface area contributed by atoms with Crippen LogP contribution in [0.3, 0.4) is 0 Å². The number of fused-ring (bicyclic) bond motifs is 2. The van der Waals surface area contributed by atoms with Gasteiger partial charge in [-0.2, -0.15) is 0 Å². The molecule has 2 aliphatic rings. The highest BCUT2D eigenvalue weighted by atomic mass is 79.9. The fourth-order valence-electron chi connectivity index (χ4n) is 3.99. The van der Waals surface area contributed by atoms with Gasteiger partial charge in [-0.3, -0.25) is 0 Å². The van der Waals surface area contributed by atoms with Crippen molar-refractivity contribution >= 4 is 26.0 Å². The predicted octanol–water partition coefficient (Wildman–Crippen LogP) is 3.81. The molecule has 0 spiro atoms. The van der Waals surface area contributed by atoms with Gasteiger partial charge >= 0.3 is 0 Å². The summed E-state index contributed by atoms with van der Waals surface area (Å²) in [5, 5.41) is 0. The predicted molar refractivity (Wildman–Crippen MR) is 87.6 cm³/mol. The summed E-state index contributed by atoms with van der Waals surface area (Å²) in [6.07, 6.45) is 5.17. The van der Waals surface area contributed by atoms with E-state index in [4.69, 9.17) is 0 Å². The van der Waals surface area contributed by atoms with Gasteiger partial charge in [-0.25, -0.2) is 12.7 Å². The molecule has 1 aromatic rings. The molecule has 0 saturated heterocycles. The molecule has 3 rings (SSSR count). The number of benzene rings is 1. The molecule has 0 aromatic heterocycles. The monoisotopic (exact) mass is 371 g/mol. The third-order valence-electron chi connectivity index (χ3n) is 5.21. The van der Waals surface area contributed by atoms with Crippen molar-refractivity contribution in [3.63, 3.8) is 0 Å². The maximum Gasteiger partial charge on any atom is 0.242 e. The quantitative estimate of drug-likeness (QED) is 0.806. The van der Waals surface area contributed by atoms with Crippen LogP contribution in [0.25, 0.3) is 0 Å². The van der Waals surface area contributed by atoms with Gasteiger partial charge in [-0.15, -0.1) is 0 Å². The molecule has 2 bridgehead atoms. The van der Waals surface area contributed by atoms with Crippen LogP contribution >= 0.6 is 15.9 Å². The first-order valence-corrected chi connectivity index (χ1v) is 9.83.